The van der Waals surface area contributed by atoms with Gasteiger partial charge in [0, 0.05) is 4.99 Å². The van der Waals surface area contributed by atoms with Crippen molar-refractivity contribution in [3.05, 3.63) is 9.47 Å². The van der Waals surface area contributed by atoms with Crippen molar-refractivity contribution < 1.29 is 4.79 Å². The summed E-state index contributed by atoms with van der Waals surface area (Å²) in [5, 5.41) is 0. The molecule has 0 fully saturated rings. The topological polar surface area (TPSA) is 40.9 Å². The molecule has 1 amide bonds. The molecule has 0 spiro atoms. The van der Waals surface area contributed by atoms with Gasteiger partial charge >= 0.3 is 0 Å². The molecule has 1 radical (unpaired) electrons. The molecular formula is C3H2Br2NO. The Balaban J connectivity index is 3.82. The Labute approximate surface area is 58.0 Å². The molecule has 2 nitrogen and oxygen atoms in total. The highest BCUT2D eigenvalue weighted by Gasteiger charge is 1.95. The molecule has 0 aromatic rings. The van der Waals surface area contributed by atoms with E-state index in [1.165, 1.54) is 4.99 Å². The third-order valence-electron chi connectivity index (χ3n) is 0.313. The lowest BCUT2D eigenvalue weighted by Gasteiger charge is -1.80. The Morgan fingerprint density at radius 2 is 2.14 bits per heavy atom. The molecule has 1 N–H and O–H groups in total. The average molecular weight is 228 g/mol. The van der Waals surface area contributed by atoms with E-state index in [1.54, 1.807) is 0 Å². The molecule has 0 heterocycles. The smallest absolute Gasteiger partial charge is 0.267 e. The monoisotopic (exact) mass is 226 g/mol. The van der Waals surface area contributed by atoms with Gasteiger partial charge in [0.25, 0.3) is 5.91 Å². The van der Waals surface area contributed by atoms with Crippen LogP contribution in [0.4, 0.5) is 0 Å². The van der Waals surface area contributed by atoms with Gasteiger partial charge in [0.05, 0.1) is 4.48 Å². The fraction of sp³-hybridized carbons (Fsp3) is 0. The molecule has 0 aromatic carbocycles. The van der Waals surface area contributed by atoms with Gasteiger partial charge in [-0.3, -0.25) is 10.5 Å². The number of hydrogen-bond donors (Lipinski definition) is 0. The summed E-state index contributed by atoms with van der Waals surface area (Å²) in [5.74, 6) is -0.725. The van der Waals surface area contributed by atoms with Crippen LogP contribution in [0.1, 0.15) is 0 Å². The lowest BCUT2D eigenvalue weighted by Crippen LogP contribution is -1.94. The van der Waals surface area contributed by atoms with Crippen molar-refractivity contribution in [2.45, 2.75) is 0 Å². The van der Waals surface area contributed by atoms with Crippen LogP contribution in [0.25, 0.3) is 0 Å². The molecule has 0 bridgehead atoms. The predicted molar refractivity (Wildman–Crippen MR) is 34.0 cm³/mol. The summed E-state index contributed by atoms with van der Waals surface area (Å²) in [5.41, 5.74) is 6.40. The quantitative estimate of drug-likeness (QED) is 0.625. The van der Waals surface area contributed by atoms with Gasteiger partial charge in [-0.25, -0.2) is 0 Å². The van der Waals surface area contributed by atoms with E-state index in [9.17, 15) is 4.79 Å². The summed E-state index contributed by atoms with van der Waals surface area (Å²) in [4.78, 5) is 11.2. The van der Waals surface area contributed by atoms with Crippen molar-refractivity contribution >= 4 is 37.8 Å². The Hall–Kier alpha value is 0.170. The minimum absolute atomic E-state index is 0.229. The van der Waals surface area contributed by atoms with Crippen LogP contribution in [0.5, 0.6) is 0 Å². The van der Waals surface area contributed by atoms with Gasteiger partial charge in [-0.1, -0.05) is 15.9 Å². The summed E-state index contributed by atoms with van der Waals surface area (Å²) in [7, 11) is 0. The van der Waals surface area contributed by atoms with Crippen LogP contribution in [-0.2, 0) is 4.79 Å². The van der Waals surface area contributed by atoms with E-state index in [4.69, 9.17) is 5.73 Å². The van der Waals surface area contributed by atoms with Crippen LogP contribution in [0.15, 0.2) is 9.47 Å². The van der Waals surface area contributed by atoms with Gasteiger partial charge in [0.2, 0.25) is 0 Å². The molecule has 0 atom stereocenters. The van der Waals surface area contributed by atoms with Crippen molar-refractivity contribution in [2.75, 3.05) is 0 Å². The highest BCUT2D eigenvalue weighted by molar-refractivity contribution is 9.14. The largest absolute Gasteiger partial charge is 0.277 e. The van der Waals surface area contributed by atoms with Crippen LogP contribution in [0.2, 0.25) is 0 Å². The highest BCUT2D eigenvalue weighted by atomic mass is 79.9. The number of amides is 1. The zero-order chi connectivity index (χ0) is 5.86. The first kappa shape index (κ1) is 7.17. The second-order valence-corrected chi connectivity index (χ2v) is 2.10. The number of carbonyl (C=O) groups is 1. The minimum Gasteiger partial charge on any atom is -0.267 e. The minimum atomic E-state index is -0.725. The molecule has 0 aromatic heterocycles. The first-order valence-electron chi connectivity index (χ1n) is 1.40. The zero-order valence-corrected chi connectivity index (χ0v) is 6.41. The summed E-state index contributed by atoms with van der Waals surface area (Å²) in [6.45, 7) is 0. The van der Waals surface area contributed by atoms with Crippen LogP contribution < -0.4 is 5.73 Å². The van der Waals surface area contributed by atoms with Gasteiger partial charge in [-0.2, -0.15) is 0 Å². The second-order valence-electron chi connectivity index (χ2n) is 0.786. The van der Waals surface area contributed by atoms with Gasteiger partial charge in [-0.05, 0) is 15.9 Å². The normalized spacial score (nSPS) is 11.4. The first-order valence-corrected chi connectivity index (χ1v) is 3.11. The summed E-state index contributed by atoms with van der Waals surface area (Å²) < 4.78 is 0.229. The summed E-state index contributed by atoms with van der Waals surface area (Å²) >= 11 is 5.68. The Morgan fingerprint density at radius 3 is 2.14 bits per heavy atom. The van der Waals surface area contributed by atoms with Crippen molar-refractivity contribution in [3.8, 4) is 0 Å². The molecule has 0 aliphatic rings. The average Bonchev–Trinajstić information content (AvgIpc) is 1.65. The van der Waals surface area contributed by atoms with Crippen molar-refractivity contribution in [1.82, 2.24) is 5.73 Å². The molecule has 0 unspecified atom stereocenters. The molecule has 0 saturated heterocycles. The second kappa shape index (κ2) is 3.21. The predicted octanol–water partition coefficient (Wildman–Crippen LogP) is 1.43. The Kier molecular flexibility index (Phi) is 3.29. The highest BCUT2D eigenvalue weighted by Crippen LogP contribution is 2.05. The fourth-order valence-electron chi connectivity index (χ4n) is 0.0495. The molecular weight excluding hydrogens is 226 g/mol. The first-order chi connectivity index (χ1) is 3.18. The van der Waals surface area contributed by atoms with Crippen LogP contribution in [0, 0.1) is 0 Å². The van der Waals surface area contributed by atoms with Gasteiger partial charge in [0.1, 0.15) is 0 Å². The SMILES string of the molecule is [NH]C(=O)C(Br)=CBr. The van der Waals surface area contributed by atoms with Crippen molar-refractivity contribution in [1.29, 1.82) is 0 Å². The number of rotatable bonds is 1. The van der Waals surface area contributed by atoms with E-state index >= 15 is 0 Å². The van der Waals surface area contributed by atoms with Crippen molar-refractivity contribution in [3.63, 3.8) is 0 Å². The molecule has 0 rings (SSSR count). The molecule has 4 heteroatoms. The zero-order valence-electron chi connectivity index (χ0n) is 3.24. The van der Waals surface area contributed by atoms with Gasteiger partial charge in [0.15, 0.2) is 0 Å². The maximum atomic E-state index is 9.90. The molecule has 0 saturated carbocycles. The van der Waals surface area contributed by atoms with E-state index in [-0.39, 0.29) is 4.48 Å². The fourth-order valence-corrected chi connectivity index (χ4v) is 0.257. The third-order valence-corrected chi connectivity index (χ3v) is 1.97. The van der Waals surface area contributed by atoms with E-state index in [1.807, 2.05) is 0 Å². The number of halogens is 2. The van der Waals surface area contributed by atoms with Crippen LogP contribution in [0.3, 0.4) is 0 Å². The Morgan fingerprint density at radius 1 is 1.71 bits per heavy atom. The molecule has 39 valence electrons. The lowest BCUT2D eigenvalue weighted by molar-refractivity contribution is -0.114. The van der Waals surface area contributed by atoms with E-state index in [2.05, 4.69) is 31.9 Å². The molecule has 0 aliphatic heterocycles. The van der Waals surface area contributed by atoms with Gasteiger partial charge < -0.3 is 0 Å². The number of carbonyl (C=O) groups excluding carboxylic acids is 1. The molecule has 0 aliphatic carbocycles. The summed E-state index contributed by atoms with van der Waals surface area (Å²) in [6, 6.07) is 0. The van der Waals surface area contributed by atoms with Crippen molar-refractivity contribution in [2.24, 2.45) is 0 Å². The standard InChI is InChI=1S/C3H2Br2NO/c4-1-2(5)3(6)7/h1,6H. The van der Waals surface area contributed by atoms with E-state index in [0.29, 0.717) is 0 Å². The van der Waals surface area contributed by atoms with Crippen LogP contribution >= 0.6 is 31.9 Å². The number of nitrogens with one attached hydrogen (secondary N) is 1. The van der Waals surface area contributed by atoms with Crippen LogP contribution in [-0.4, -0.2) is 5.91 Å². The van der Waals surface area contributed by atoms with E-state index in [0.717, 1.165) is 0 Å². The number of hydrogen-bond acceptors (Lipinski definition) is 1. The third kappa shape index (κ3) is 2.82. The molecule has 7 heavy (non-hydrogen) atoms. The summed E-state index contributed by atoms with van der Waals surface area (Å²) in [6.07, 6.45) is 0. The Bertz CT molecular complexity index is 110. The van der Waals surface area contributed by atoms with E-state index < -0.39 is 5.91 Å². The van der Waals surface area contributed by atoms with Gasteiger partial charge in [-0.15, -0.1) is 0 Å². The maximum absolute atomic E-state index is 9.90. The maximum Gasteiger partial charge on any atom is 0.277 e. The lowest BCUT2D eigenvalue weighted by atomic mass is 10.6.